The van der Waals surface area contributed by atoms with Crippen molar-refractivity contribution >= 4 is 11.6 Å². The molecular formula is C20H21N3O3. The number of ether oxygens (including phenoxy) is 1. The zero-order chi connectivity index (χ0) is 18.7. The van der Waals surface area contributed by atoms with E-state index in [1.54, 1.807) is 19.1 Å². The maximum atomic E-state index is 12.5. The maximum Gasteiger partial charge on any atom is 0.265 e. The topological polar surface area (TPSA) is 77.2 Å². The van der Waals surface area contributed by atoms with Crippen LogP contribution in [0.4, 0.5) is 5.69 Å². The molecule has 1 aromatic heterocycles. The molecule has 0 bridgehead atoms. The highest BCUT2D eigenvalue weighted by Gasteiger charge is 2.17. The first-order chi connectivity index (χ1) is 12.4. The summed E-state index contributed by atoms with van der Waals surface area (Å²) in [5.74, 6) is 0.835. The number of benzene rings is 2. The van der Waals surface area contributed by atoms with Gasteiger partial charge in [0.2, 0.25) is 12.3 Å². The zero-order valence-corrected chi connectivity index (χ0v) is 15.2. The molecule has 1 amide bonds. The number of hydrogen-bond donors (Lipinski definition) is 1. The van der Waals surface area contributed by atoms with E-state index >= 15 is 0 Å². The number of nitrogens with zero attached hydrogens (tertiary/aromatic N) is 2. The molecule has 0 fully saturated rings. The molecule has 3 aromatic rings. The average molecular weight is 351 g/mol. The fourth-order valence-corrected chi connectivity index (χ4v) is 2.83. The van der Waals surface area contributed by atoms with Crippen molar-refractivity contribution in [1.82, 2.24) is 10.2 Å². The monoisotopic (exact) mass is 351 g/mol. The first-order valence-corrected chi connectivity index (χ1v) is 8.36. The Kier molecular flexibility index (Phi) is 5.02. The van der Waals surface area contributed by atoms with Crippen molar-refractivity contribution in [2.45, 2.75) is 33.8 Å². The Balaban J connectivity index is 1.66. The second kappa shape index (κ2) is 7.39. The Morgan fingerprint density at radius 3 is 2.35 bits per heavy atom. The van der Waals surface area contributed by atoms with E-state index in [1.165, 1.54) is 12.0 Å². The number of rotatable bonds is 5. The molecule has 0 saturated heterocycles. The van der Waals surface area contributed by atoms with Crippen LogP contribution in [0.5, 0.6) is 5.75 Å². The van der Waals surface area contributed by atoms with Gasteiger partial charge in [-0.15, -0.1) is 10.2 Å². The minimum absolute atomic E-state index is 0.193. The lowest BCUT2D eigenvalue weighted by molar-refractivity contribution is -0.122. The van der Waals surface area contributed by atoms with Crippen molar-refractivity contribution < 1.29 is 13.9 Å². The van der Waals surface area contributed by atoms with Crippen LogP contribution in [0.1, 0.15) is 23.6 Å². The summed E-state index contributed by atoms with van der Waals surface area (Å²) in [5.41, 5.74) is 4.86. The van der Waals surface area contributed by atoms with Gasteiger partial charge in [-0.3, -0.25) is 4.79 Å². The second-order valence-electron chi connectivity index (χ2n) is 6.29. The first-order valence-electron chi connectivity index (χ1n) is 8.36. The van der Waals surface area contributed by atoms with Crippen LogP contribution < -0.4 is 10.1 Å². The number of hydrogen-bond acceptors (Lipinski definition) is 5. The molecule has 1 N–H and O–H groups in total. The van der Waals surface area contributed by atoms with Crippen LogP contribution >= 0.6 is 0 Å². The lowest BCUT2D eigenvalue weighted by Gasteiger charge is -2.17. The van der Waals surface area contributed by atoms with Crippen molar-refractivity contribution in [3.8, 4) is 17.2 Å². The van der Waals surface area contributed by atoms with Gasteiger partial charge in [0.25, 0.3) is 5.91 Å². The quantitative estimate of drug-likeness (QED) is 0.750. The number of anilines is 1. The molecule has 0 aliphatic carbocycles. The van der Waals surface area contributed by atoms with Crippen LogP contribution in [0.25, 0.3) is 11.5 Å². The molecule has 2 aromatic carbocycles. The van der Waals surface area contributed by atoms with E-state index in [-0.39, 0.29) is 5.91 Å². The van der Waals surface area contributed by atoms with Crippen LogP contribution in [0.3, 0.4) is 0 Å². The normalized spacial score (nSPS) is 11.8. The smallest absolute Gasteiger partial charge is 0.265 e. The molecule has 3 rings (SSSR count). The van der Waals surface area contributed by atoms with Gasteiger partial charge in [0.15, 0.2) is 6.10 Å². The molecule has 1 heterocycles. The van der Waals surface area contributed by atoms with Crippen LogP contribution in [0, 0.1) is 20.8 Å². The van der Waals surface area contributed by atoms with Crippen LogP contribution in [-0.4, -0.2) is 22.2 Å². The van der Waals surface area contributed by atoms with Crippen LogP contribution in [-0.2, 0) is 4.79 Å². The number of carbonyl (C=O) groups excluding carboxylic acids is 1. The highest BCUT2D eigenvalue weighted by molar-refractivity contribution is 5.95. The minimum atomic E-state index is -0.635. The Morgan fingerprint density at radius 2 is 1.77 bits per heavy atom. The van der Waals surface area contributed by atoms with E-state index in [2.05, 4.69) is 15.5 Å². The fourth-order valence-electron chi connectivity index (χ4n) is 2.83. The highest BCUT2D eigenvalue weighted by atomic mass is 16.5. The van der Waals surface area contributed by atoms with Crippen LogP contribution in [0.15, 0.2) is 47.2 Å². The lowest BCUT2D eigenvalue weighted by atomic mass is 10.0. The summed E-state index contributed by atoms with van der Waals surface area (Å²) in [4.78, 5) is 12.5. The van der Waals surface area contributed by atoms with Crippen LogP contribution in [0.2, 0.25) is 0 Å². The van der Waals surface area contributed by atoms with Crippen molar-refractivity contribution in [1.29, 1.82) is 0 Å². The van der Waals surface area contributed by atoms with E-state index in [0.29, 0.717) is 11.6 Å². The Morgan fingerprint density at radius 1 is 1.12 bits per heavy atom. The Labute approximate surface area is 152 Å². The summed E-state index contributed by atoms with van der Waals surface area (Å²) in [6.07, 6.45) is 0.644. The van der Waals surface area contributed by atoms with E-state index in [0.717, 1.165) is 22.4 Å². The standard InChI is InChI=1S/C20H21N3O3/c1-12-9-13(2)18(14(3)10-12)22-19(24)15(4)26-17-7-5-16(6-8-17)20-23-21-11-25-20/h5-11,15H,1-4H3,(H,22,24). The summed E-state index contributed by atoms with van der Waals surface area (Å²) in [5, 5.41) is 10.5. The summed E-state index contributed by atoms with van der Waals surface area (Å²) in [6, 6.07) is 11.2. The molecule has 1 atom stereocenters. The number of nitrogens with one attached hydrogen (secondary N) is 1. The summed E-state index contributed by atoms with van der Waals surface area (Å²) in [7, 11) is 0. The molecule has 0 aliphatic rings. The van der Waals surface area contributed by atoms with Gasteiger partial charge in [-0.1, -0.05) is 17.7 Å². The van der Waals surface area contributed by atoms with E-state index < -0.39 is 6.10 Å². The summed E-state index contributed by atoms with van der Waals surface area (Å²) in [6.45, 7) is 7.73. The molecular weight excluding hydrogens is 330 g/mol. The molecule has 0 spiro atoms. The summed E-state index contributed by atoms with van der Waals surface area (Å²) < 4.78 is 10.9. The molecule has 134 valence electrons. The zero-order valence-electron chi connectivity index (χ0n) is 15.2. The molecule has 6 nitrogen and oxygen atoms in total. The lowest BCUT2D eigenvalue weighted by Crippen LogP contribution is -2.30. The molecule has 0 saturated carbocycles. The maximum absolute atomic E-state index is 12.5. The van der Waals surface area contributed by atoms with Gasteiger partial charge in [-0.2, -0.15) is 0 Å². The number of carbonyl (C=O) groups is 1. The summed E-state index contributed by atoms with van der Waals surface area (Å²) >= 11 is 0. The third-order valence-corrected chi connectivity index (χ3v) is 4.07. The third-order valence-electron chi connectivity index (χ3n) is 4.07. The van der Waals surface area contributed by atoms with E-state index in [9.17, 15) is 4.79 Å². The van der Waals surface area contributed by atoms with Gasteiger partial charge in [-0.25, -0.2) is 0 Å². The van der Waals surface area contributed by atoms with Gasteiger partial charge in [0.05, 0.1) is 0 Å². The van der Waals surface area contributed by atoms with Gasteiger partial charge in [0.1, 0.15) is 5.75 Å². The predicted molar refractivity (Wildman–Crippen MR) is 99.1 cm³/mol. The van der Waals surface area contributed by atoms with Crippen molar-refractivity contribution in [3.63, 3.8) is 0 Å². The molecule has 0 aliphatic heterocycles. The van der Waals surface area contributed by atoms with E-state index in [1.807, 2.05) is 45.0 Å². The third kappa shape index (κ3) is 3.91. The van der Waals surface area contributed by atoms with Crippen molar-refractivity contribution in [3.05, 3.63) is 59.5 Å². The SMILES string of the molecule is Cc1cc(C)c(NC(=O)C(C)Oc2ccc(-c3nnco3)cc2)c(C)c1. The second-order valence-corrected chi connectivity index (χ2v) is 6.29. The highest BCUT2D eigenvalue weighted by Crippen LogP contribution is 2.23. The number of amides is 1. The largest absolute Gasteiger partial charge is 0.481 e. The molecule has 1 unspecified atom stereocenters. The number of aromatic nitrogens is 2. The van der Waals surface area contributed by atoms with E-state index in [4.69, 9.17) is 9.15 Å². The van der Waals surface area contributed by atoms with Gasteiger partial charge >= 0.3 is 0 Å². The minimum Gasteiger partial charge on any atom is -0.481 e. The Bertz CT molecular complexity index is 880. The number of aryl methyl sites for hydroxylation is 3. The van der Waals surface area contributed by atoms with Gasteiger partial charge < -0.3 is 14.5 Å². The van der Waals surface area contributed by atoms with Gasteiger partial charge in [-0.05, 0) is 63.1 Å². The molecule has 0 radical (unpaired) electrons. The molecule has 6 heteroatoms. The predicted octanol–water partition coefficient (Wildman–Crippen LogP) is 4.07. The molecule has 26 heavy (non-hydrogen) atoms. The Hall–Kier alpha value is -3.15. The van der Waals surface area contributed by atoms with Gasteiger partial charge in [0, 0.05) is 11.3 Å². The average Bonchev–Trinajstić information content (AvgIpc) is 3.13. The van der Waals surface area contributed by atoms with Crippen molar-refractivity contribution in [2.75, 3.05) is 5.32 Å². The fraction of sp³-hybridized carbons (Fsp3) is 0.250. The first kappa shape index (κ1) is 17.7. The van der Waals surface area contributed by atoms with Crippen molar-refractivity contribution in [2.24, 2.45) is 0 Å².